The van der Waals surface area contributed by atoms with Gasteiger partial charge in [-0.15, -0.1) is 0 Å². The predicted molar refractivity (Wildman–Crippen MR) is 108 cm³/mol. The molecule has 2 aromatic carbocycles. The van der Waals surface area contributed by atoms with E-state index >= 15 is 0 Å². The van der Waals surface area contributed by atoms with Crippen LogP contribution >= 0.6 is 23.8 Å². The number of thiocarbonyl (C=S) groups is 1. The summed E-state index contributed by atoms with van der Waals surface area (Å²) in [4.78, 5) is 12.3. The van der Waals surface area contributed by atoms with Gasteiger partial charge >= 0.3 is 0 Å². The molecule has 0 spiro atoms. The lowest BCUT2D eigenvalue weighted by atomic mass is 10.2. The number of carbonyl (C=O) groups excluding carboxylic acids is 1. The average Bonchev–Trinajstić information content (AvgIpc) is 2.69. The van der Waals surface area contributed by atoms with Crippen LogP contribution in [-0.4, -0.2) is 32.3 Å². The Labute approximate surface area is 167 Å². The molecule has 0 saturated heterocycles. The molecular formula is C18H20ClN3O4S. The number of amides is 1. The molecule has 0 saturated carbocycles. The second-order valence-corrected chi connectivity index (χ2v) is 6.12. The van der Waals surface area contributed by atoms with E-state index in [1.807, 2.05) is 24.3 Å². The van der Waals surface area contributed by atoms with Crippen molar-refractivity contribution in [1.29, 1.82) is 0 Å². The van der Waals surface area contributed by atoms with Crippen molar-refractivity contribution in [3.8, 4) is 17.2 Å². The number of carbonyl (C=O) groups is 1. The molecule has 0 aliphatic carbocycles. The first-order valence-electron chi connectivity index (χ1n) is 7.87. The minimum absolute atomic E-state index is 0.266. The van der Waals surface area contributed by atoms with Crippen molar-refractivity contribution in [2.75, 3.05) is 21.3 Å². The molecule has 144 valence electrons. The summed E-state index contributed by atoms with van der Waals surface area (Å²) >= 11 is 11.3. The second kappa shape index (κ2) is 9.84. The lowest BCUT2D eigenvalue weighted by molar-refractivity contribution is 0.0943. The number of halogens is 1. The van der Waals surface area contributed by atoms with E-state index in [1.54, 1.807) is 7.11 Å². The van der Waals surface area contributed by atoms with Crippen LogP contribution in [0.2, 0.25) is 5.02 Å². The quantitative estimate of drug-likeness (QED) is 0.500. The van der Waals surface area contributed by atoms with Gasteiger partial charge in [-0.3, -0.25) is 15.6 Å². The highest BCUT2D eigenvalue weighted by Gasteiger charge is 2.15. The molecule has 0 unspecified atom stereocenters. The summed E-state index contributed by atoms with van der Waals surface area (Å²) in [5, 5.41) is 3.52. The second-order valence-electron chi connectivity index (χ2n) is 5.30. The van der Waals surface area contributed by atoms with Crippen LogP contribution in [-0.2, 0) is 6.54 Å². The largest absolute Gasteiger partial charge is 0.497 e. The van der Waals surface area contributed by atoms with E-state index in [-0.39, 0.29) is 10.1 Å². The summed E-state index contributed by atoms with van der Waals surface area (Å²) < 4.78 is 15.4. The Morgan fingerprint density at radius 3 is 2.33 bits per heavy atom. The van der Waals surface area contributed by atoms with E-state index in [0.717, 1.165) is 11.3 Å². The fourth-order valence-electron chi connectivity index (χ4n) is 2.20. The van der Waals surface area contributed by atoms with E-state index in [4.69, 9.17) is 38.0 Å². The monoisotopic (exact) mass is 409 g/mol. The number of benzene rings is 2. The molecule has 0 atom stereocenters. The third-order valence-electron chi connectivity index (χ3n) is 3.60. The molecule has 2 aromatic rings. The third-order valence-corrected chi connectivity index (χ3v) is 4.12. The molecule has 27 heavy (non-hydrogen) atoms. The molecule has 7 nitrogen and oxygen atoms in total. The average molecular weight is 410 g/mol. The van der Waals surface area contributed by atoms with Crippen LogP contribution in [0.4, 0.5) is 0 Å². The fraction of sp³-hybridized carbons (Fsp3) is 0.222. The van der Waals surface area contributed by atoms with Gasteiger partial charge in [0.15, 0.2) is 16.6 Å². The SMILES string of the molecule is COc1ccc(CNC(=S)NNC(=O)c2cc(Cl)c(OC)c(OC)c2)cc1. The highest BCUT2D eigenvalue weighted by molar-refractivity contribution is 7.80. The van der Waals surface area contributed by atoms with Gasteiger partial charge in [0.2, 0.25) is 0 Å². The molecule has 9 heteroatoms. The Bertz CT molecular complexity index is 815. The Kier molecular flexibility index (Phi) is 7.51. The van der Waals surface area contributed by atoms with Crippen LogP contribution in [0.1, 0.15) is 15.9 Å². The summed E-state index contributed by atoms with van der Waals surface area (Å²) in [6.07, 6.45) is 0. The molecule has 2 rings (SSSR count). The Hall–Kier alpha value is -2.71. The van der Waals surface area contributed by atoms with Crippen molar-refractivity contribution in [1.82, 2.24) is 16.2 Å². The van der Waals surface area contributed by atoms with Crippen molar-refractivity contribution >= 4 is 34.8 Å². The van der Waals surface area contributed by atoms with E-state index in [9.17, 15) is 4.79 Å². The fourth-order valence-corrected chi connectivity index (χ4v) is 2.62. The van der Waals surface area contributed by atoms with Crippen molar-refractivity contribution in [3.63, 3.8) is 0 Å². The number of hydrogen-bond acceptors (Lipinski definition) is 5. The molecule has 0 radical (unpaired) electrons. The number of nitrogens with one attached hydrogen (secondary N) is 3. The van der Waals surface area contributed by atoms with Gasteiger partial charge in [0, 0.05) is 12.1 Å². The Morgan fingerprint density at radius 1 is 1.04 bits per heavy atom. The number of hydrazine groups is 1. The number of ether oxygens (including phenoxy) is 3. The standard InChI is InChI=1S/C18H20ClN3O4S/c1-24-13-6-4-11(5-7-13)10-20-18(27)22-21-17(23)12-8-14(19)16(26-3)15(9-12)25-2/h4-9H,10H2,1-3H3,(H,21,23)(H2,20,22,27). The first-order chi connectivity index (χ1) is 13.0. The number of methoxy groups -OCH3 is 3. The lowest BCUT2D eigenvalue weighted by Crippen LogP contribution is -2.46. The number of rotatable bonds is 6. The Balaban J connectivity index is 1.89. The molecule has 1 amide bonds. The minimum atomic E-state index is -0.425. The summed E-state index contributed by atoms with van der Waals surface area (Å²) in [6, 6.07) is 10.5. The van der Waals surface area contributed by atoms with Crippen LogP contribution in [0, 0.1) is 0 Å². The topological polar surface area (TPSA) is 80.9 Å². The van der Waals surface area contributed by atoms with E-state index in [1.165, 1.54) is 26.4 Å². The first-order valence-corrected chi connectivity index (χ1v) is 8.65. The van der Waals surface area contributed by atoms with Crippen LogP contribution in [0.5, 0.6) is 17.2 Å². The maximum atomic E-state index is 12.3. The normalized spacial score (nSPS) is 9.93. The molecule has 0 heterocycles. The van der Waals surface area contributed by atoms with Crippen molar-refractivity contribution in [3.05, 3.63) is 52.5 Å². The smallest absolute Gasteiger partial charge is 0.269 e. The number of hydrogen-bond donors (Lipinski definition) is 3. The van der Waals surface area contributed by atoms with Crippen LogP contribution in [0.15, 0.2) is 36.4 Å². The maximum absolute atomic E-state index is 12.3. The van der Waals surface area contributed by atoms with Gasteiger partial charge in [-0.25, -0.2) is 0 Å². The van der Waals surface area contributed by atoms with Gasteiger partial charge in [0.25, 0.3) is 5.91 Å². The summed E-state index contributed by atoms with van der Waals surface area (Å²) in [7, 11) is 4.55. The van der Waals surface area contributed by atoms with E-state index < -0.39 is 5.91 Å². The maximum Gasteiger partial charge on any atom is 0.269 e. The zero-order chi connectivity index (χ0) is 19.8. The summed E-state index contributed by atoms with van der Waals surface area (Å²) in [6.45, 7) is 0.494. The van der Waals surface area contributed by atoms with Gasteiger partial charge in [-0.05, 0) is 42.0 Å². The van der Waals surface area contributed by atoms with Gasteiger partial charge in [0.05, 0.1) is 26.4 Å². The molecule has 0 aliphatic rings. The molecule has 0 aromatic heterocycles. The highest BCUT2D eigenvalue weighted by atomic mass is 35.5. The summed E-state index contributed by atoms with van der Waals surface area (Å²) in [5.41, 5.74) is 6.45. The van der Waals surface area contributed by atoms with Gasteiger partial charge in [-0.1, -0.05) is 23.7 Å². The first kappa shape index (κ1) is 20.6. The minimum Gasteiger partial charge on any atom is -0.497 e. The van der Waals surface area contributed by atoms with Crippen molar-refractivity contribution < 1.29 is 19.0 Å². The van der Waals surface area contributed by atoms with E-state index in [0.29, 0.717) is 23.6 Å². The molecule has 0 aliphatic heterocycles. The molecule has 0 bridgehead atoms. The zero-order valence-corrected chi connectivity index (χ0v) is 16.7. The lowest BCUT2D eigenvalue weighted by Gasteiger charge is -2.14. The van der Waals surface area contributed by atoms with Gasteiger partial charge in [-0.2, -0.15) is 0 Å². The van der Waals surface area contributed by atoms with Crippen LogP contribution < -0.4 is 30.4 Å². The van der Waals surface area contributed by atoms with Crippen LogP contribution in [0.25, 0.3) is 0 Å². The molecule has 3 N–H and O–H groups in total. The van der Waals surface area contributed by atoms with Crippen molar-refractivity contribution in [2.45, 2.75) is 6.54 Å². The van der Waals surface area contributed by atoms with E-state index in [2.05, 4.69) is 16.2 Å². The van der Waals surface area contributed by atoms with Crippen molar-refractivity contribution in [2.24, 2.45) is 0 Å². The highest BCUT2D eigenvalue weighted by Crippen LogP contribution is 2.35. The predicted octanol–water partition coefficient (Wildman–Crippen LogP) is 2.67. The zero-order valence-electron chi connectivity index (χ0n) is 15.1. The third kappa shape index (κ3) is 5.63. The molecule has 0 fully saturated rings. The Morgan fingerprint density at radius 2 is 1.74 bits per heavy atom. The van der Waals surface area contributed by atoms with Gasteiger partial charge in [0.1, 0.15) is 5.75 Å². The summed E-state index contributed by atoms with van der Waals surface area (Å²) in [5.74, 6) is 1.07. The molecular weight excluding hydrogens is 390 g/mol. The van der Waals surface area contributed by atoms with Crippen LogP contribution in [0.3, 0.4) is 0 Å². The van der Waals surface area contributed by atoms with Gasteiger partial charge < -0.3 is 19.5 Å².